The largest absolute Gasteiger partial charge is 0.479 e. The maximum atomic E-state index is 14.0. The van der Waals surface area contributed by atoms with E-state index < -0.39 is 35.8 Å². The van der Waals surface area contributed by atoms with Crippen molar-refractivity contribution in [2.24, 2.45) is 50.8 Å². The van der Waals surface area contributed by atoms with Crippen LogP contribution in [0, 0.1) is 35.5 Å². The van der Waals surface area contributed by atoms with Crippen LogP contribution < -0.4 is 16.7 Å². The van der Waals surface area contributed by atoms with Gasteiger partial charge in [0.1, 0.15) is 12.8 Å². The van der Waals surface area contributed by atoms with Crippen molar-refractivity contribution in [3.05, 3.63) is 121 Å². The van der Waals surface area contributed by atoms with Crippen LogP contribution in [0.15, 0.2) is 102 Å². The Kier molecular flexibility index (Phi) is 24.5. The van der Waals surface area contributed by atoms with Gasteiger partial charge in [-0.3, -0.25) is 34.1 Å². The molecule has 6 aliphatic carbocycles. The number of piperidine rings is 6. The summed E-state index contributed by atoms with van der Waals surface area (Å²) >= 11 is 0. The summed E-state index contributed by atoms with van der Waals surface area (Å²) in [5.74, 6) is 1.66. The highest BCUT2D eigenvalue weighted by atomic mass is 16.6. The number of hydrogen-bond donors (Lipinski definition) is 4. The van der Waals surface area contributed by atoms with Gasteiger partial charge in [0.05, 0.1) is 33.1 Å². The summed E-state index contributed by atoms with van der Waals surface area (Å²) in [6, 6.07) is 28.0. The summed E-state index contributed by atoms with van der Waals surface area (Å²) in [6.45, 7) is 1.15. The van der Waals surface area contributed by atoms with E-state index in [9.17, 15) is 39.0 Å². The van der Waals surface area contributed by atoms with E-state index in [1.165, 1.54) is 193 Å². The Morgan fingerprint density at radius 3 is 1.05 bits per heavy atom. The molecule has 3 aromatic carbocycles. The van der Waals surface area contributed by atoms with Gasteiger partial charge >= 0.3 is 17.9 Å². The summed E-state index contributed by atoms with van der Waals surface area (Å²) in [5, 5.41) is 45.2. The molecule has 12 fully saturated rings. The molecule has 4 N–H and O–H groups in total. The second-order valence-corrected chi connectivity index (χ2v) is 36.0. The van der Waals surface area contributed by atoms with Gasteiger partial charge in [0.25, 0.3) is 16.7 Å². The van der Waals surface area contributed by atoms with Gasteiger partial charge < -0.3 is 43.8 Å². The first kappa shape index (κ1) is 78.8. The van der Waals surface area contributed by atoms with Crippen LogP contribution in [0.3, 0.4) is 0 Å². The fourth-order valence-corrected chi connectivity index (χ4v) is 24.9. The smallest absolute Gasteiger partial charge is 0.360 e. The zero-order chi connectivity index (χ0) is 78.0. The summed E-state index contributed by atoms with van der Waals surface area (Å²) < 4.78 is 5.65. The first-order chi connectivity index (χ1) is 55.0. The molecule has 606 valence electrons. The third-order valence-corrected chi connectivity index (χ3v) is 28.9. The van der Waals surface area contributed by atoms with Gasteiger partial charge in [-0.25, -0.2) is 29.3 Å². The quantitative estimate of drug-likeness (QED) is 0.0353. The predicted molar refractivity (Wildman–Crippen MR) is 435 cm³/mol. The highest BCUT2D eigenvalue weighted by Crippen LogP contribution is 2.51. The Morgan fingerprint density at radius 2 is 0.717 bits per heavy atom. The average molecular weight is 1550 g/mol. The maximum absolute atomic E-state index is 14.0. The van der Waals surface area contributed by atoms with E-state index in [1.54, 1.807) is 6.92 Å². The Morgan fingerprint density at radius 1 is 0.398 bits per heavy atom. The number of aliphatic hydroxyl groups is 1. The molecule has 24 heteroatoms. The average Bonchev–Trinajstić information content (AvgIpc) is 0.924. The number of aromatic nitrogens is 6. The van der Waals surface area contributed by atoms with Crippen molar-refractivity contribution in [1.29, 1.82) is 0 Å². The number of carbonyl (C=O) groups is 3. The minimum absolute atomic E-state index is 0.00838. The topological polar surface area (TPSA) is 302 Å². The van der Waals surface area contributed by atoms with Crippen molar-refractivity contribution in [2.45, 2.75) is 311 Å². The molecule has 18 rings (SSSR count). The second kappa shape index (κ2) is 35.2. The van der Waals surface area contributed by atoms with E-state index >= 15 is 0 Å². The van der Waals surface area contributed by atoms with Crippen LogP contribution in [0.5, 0.6) is 0 Å². The van der Waals surface area contributed by atoms with Crippen LogP contribution >= 0.6 is 0 Å². The van der Waals surface area contributed by atoms with Gasteiger partial charge in [-0.1, -0.05) is 137 Å². The van der Waals surface area contributed by atoms with Gasteiger partial charge in [-0.15, -0.1) is 0 Å². The normalized spacial score (nSPS) is 32.2. The number of hydrogen-bond acceptors (Lipinski definition) is 18. The van der Waals surface area contributed by atoms with Crippen molar-refractivity contribution < 1.29 is 44.5 Å². The summed E-state index contributed by atoms with van der Waals surface area (Å²) in [6.07, 6.45) is 44.7. The van der Waals surface area contributed by atoms with Crippen LogP contribution in [0.25, 0.3) is 33.1 Å². The molecule has 6 saturated carbocycles. The summed E-state index contributed by atoms with van der Waals surface area (Å²) in [4.78, 5) is 113. The molecule has 12 atom stereocenters. The molecule has 12 unspecified atom stereocenters. The Balaban J connectivity index is 0.000000128. The molecular formula is C89H118N12O12. The highest BCUT2D eigenvalue weighted by molar-refractivity contribution is 6.42. The Bertz CT molecular complexity index is 4640. The van der Waals surface area contributed by atoms with Crippen LogP contribution in [0.4, 0.5) is 0 Å². The lowest BCUT2D eigenvalue weighted by atomic mass is 9.68. The molecule has 9 heterocycles. The van der Waals surface area contributed by atoms with Crippen LogP contribution in [-0.4, -0.2) is 180 Å². The highest BCUT2D eigenvalue weighted by Gasteiger charge is 2.50. The van der Waals surface area contributed by atoms with Crippen molar-refractivity contribution in [3.63, 3.8) is 0 Å². The molecular weight excluding hydrogens is 1430 g/mol. The number of aliphatic hydroxyl groups excluding tert-OH is 1. The molecule has 113 heavy (non-hydrogen) atoms. The fourth-order valence-electron chi connectivity index (χ4n) is 24.9. The molecule has 0 spiro atoms. The molecule has 12 aliphatic rings. The third-order valence-electron chi connectivity index (χ3n) is 28.9. The SMILES string of the molecule is C/C(=N\OCC(=O)O)c1nc2ccccc2n(C2CC3CCCC(C2)N3C2CC3CCCC(C3)C2)c1=O.CO/N=C(\C(=O)O)c1nc2ccccc2n(C2CC3CCCC(C2)N3C2CC3CCCCC(C3)C2)c1=O.O=C(O)C(=NCCCO)c1nc2ccccc2n(C2CC3CCCC(C2)N3C2CC3CCCCC(C3)C2)c1=O. The number of aliphatic imine (C=N–C) groups is 1. The standard InChI is InChI=1S/C31H42N4O4.2C29H38N4O4/c36-14-6-13-32-29(31(38)39)28-30(37)35(27-12-4-3-11-26(27)33-28)25-18-22-9-5-10-23(19-25)34(22)24-16-20-7-1-2-8-21(15-20)17-24;1-18(31-37-17-27(34)35)28-29(36)33(26-11-3-2-10-25(26)30-28)24-15-21-8-5-9-22(16-24)32(21)23-13-19-6-4-7-20(12-19)14-23;1-37-31-27(29(35)36)26-28(34)33(25-12-5-4-11-24(25)30-26)23-16-20-9-6-10-21(17-23)32(20)22-14-18-7-2-3-8-19(13-18)15-22/h3-4,11-12,20-25,36H,1-2,5-10,13-19H2,(H,38,39);2-3,10-11,19-24H,4-9,12-17H2,1H3,(H,34,35);4-5,11-12,18-23H,2-3,6-10,13-17H2,1H3,(H,35,36)/b;31-18+;31-27-. The van der Waals surface area contributed by atoms with E-state index in [1.807, 2.05) is 86.5 Å². The van der Waals surface area contributed by atoms with Gasteiger partial charge in [0.15, 0.2) is 22.8 Å². The molecule has 6 aliphatic heterocycles. The van der Waals surface area contributed by atoms with E-state index in [2.05, 4.69) is 45.0 Å². The number of carboxylic acids is 3. The monoisotopic (exact) mass is 1550 g/mol. The van der Waals surface area contributed by atoms with E-state index in [0.717, 1.165) is 96.1 Å². The number of aliphatic carboxylic acids is 3. The lowest BCUT2D eigenvalue weighted by Crippen LogP contribution is -2.58. The van der Waals surface area contributed by atoms with Crippen molar-refractivity contribution in [2.75, 3.05) is 26.9 Å². The minimum Gasteiger partial charge on any atom is -0.479 e. The molecule has 6 aromatic rings. The number of nitrogens with zero attached hydrogens (tertiary/aromatic N) is 12. The van der Waals surface area contributed by atoms with Gasteiger partial charge in [0, 0.05) is 85.7 Å². The van der Waals surface area contributed by atoms with Crippen molar-refractivity contribution >= 4 is 68.1 Å². The van der Waals surface area contributed by atoms with Crippen molar-refractivity contribution in [3.8, 4) is 0 Å². The number of oxime groups is 2. The molecule has 3 aromatic heterocycles. The second-order valence-electron chi connectivity index (χ2n) is 36.0. The lowest BCUT2D eigenvalue weighted by Gasteiger charge is -2.55. The summed E-state index contributed by atoms with van der Waals surface area (Å²) in [5.41, 5.74) is 2.97. The summed E-state index contributed by atoms with van der Waals surface area (Å²) in [7, 11) is 1.28. The Hall–Kier alpha value is -8.06. The third kappa shape index (κ3) is 16.9. The number of fused-ring (bicyclic) bond motifs is 15. The first-order valence-corrected chi connectivity index (χ1v) is 43.5. The molecule has 12 bridgehead atoms. The maximum Gasteiger partial charge on any atom is 0.360 e. The number of benzene rings is 3. The number of para-hydroxylation sites is 6. The predicted octanol–water partition coefficient (Wildman–Crippen LogP) is 14.1. The molecule has 6 saturated heterocycles. The number of carboxylic acid groups (broad SMARTS) is 3. The molecule has 0 radical (unpaired) electrons. The van der Waals surface area contributed by atoms with Crippen molar-refractivity contribution in [1.82, 2.24) is 43.4 Å². The molecule has 24 nitrogen and oxygen atoms in total. The van der Waals surface area contributed by atoms with Crippen LogP contribution in [0.1, 0.15) is 273 Å². The number of rotatable bonds is 18. The Labute approximate surface area is 661 Å². The van der Waals surface area contributed by atoms with Gasteiger partial charge in [-0.05, 0) is 220 Å². The van der Waals surface area contributed by atoms with Gasteiger partial charge in [0.2, 0.25) is 12.3 Å². The van der Waals surface area contributed by atoms with E-state index in [4.69, 9.17) is 19.9 Å². The lowest BCUT2D eigenvalue weighted by molar-refractivity contribution is -0.142. The van der Waals surface area contributed by atoms with E-state index in [-0.39, 0.29) is 65.2 Å². The van der Waals surface area contributed by atoms with Gasteiger partial charge in [-0.2, -0.15) is 0 Å². The zero-order valence-electron chi connectivity index (χ0n) is 66.3. The van der Waals surface area contributed by atoms with E-state index in [0.29, 0.717) is 77.5 Å². The molecule has 0 amide bonds. The minimum atomic E-state index is -1.32. The van der Waals surface area contributed by atoms with Crippen LogP contribution in [-0.2, 0) is 24.1 Å². The first-order valence-electron chi connectivity index (χ1n) is 43.5. The van der Waals surface area contributed by atoms with Crippen LogP contribution in [0.2, 0.25) is 0 Å². The zero-order valence-corrected chi connectivity index (χ0v) is 66.3. The fraction of sp³-hybridized carbons (Fsp3) is 0.663.